The monoisotopic (exact) mass is 447 g/mol. The van der Waals surface area contributed by atoms with Crippen LogP contribution in [0.3, 0.4) is 0 Å². The van der Waals surface area contributed by atoms with Gasteiger partial charge >= 0.3 is 0 Å². The number of hydrogen-bond acceptors (Lipinski definition) is 6. The third-order valence-corrected chi connectivity index (χ3v) is 6.17. The molecule has 0 atom stereocenters. The van der Waals surface area contributed by atoms with Gasteiger partial charge in [-0.15, -0.1) is 11.3 Å². The fraction of sp³-hybridized carbons (Fsp3) is 0.240. The molecule has 0 amide bonds. The summed E-state index contributed by atoms with van der Waals surface area (Å²) in [5.74, 6) is 0.801. The van der Waals surface area contributed by atoms with Crippen LogP contribution in [-0.2, 0) is 19.6 Å². The molecule has 0 radical (unpaired) electrons. The predicted octanol–water partition coefficient (Wildman–Crippen LogP) is 4.54. The van der Waals surface area contributed by atoms with Gasteiger partial charge < -0.3 is 14.4 Å². The SMILES string of the molecule is CCOc1ccc(Cn2c(CC)c(CO)cc(-c3csc(-c4ccncc4)n3)c2=O)cc1. The Kier molecular flexibility index (Phi) is 6.78. The Bertz CT molecular complexity index is 1250. The summed E-state index contributed by atoms with van der Waals surface area (Å²) < 4.78 is 7.27. The summed E-state index contributed by atoms with van der Waals surface area (Å²) in [4.78, 5) is 22.3. The van der Waals surface area contributed by atoms with E-state index in [1.54, 1.807) is 23.0 Å². The van der Waals surface area contributed by atoms with Gasteiger partial charge in [0, 0.05) is 29.0 Å². The predicted molar refractivity (Wildman–Crippen MR) is 127 cm³/mol. The first-order valence-corrected chi connectivity index (χ1v) is 11.5. The topological polar surface area (TPSA) is 77.2 Å². The van der Waals surface area contributed by atoms with Crippen LogP contribution in [0.25, 0.3) is 21.8 Å². The van der Waals surface area contributed by atoms with Crippen LogP contribution in [-0.4, -0.2) is 26.2 Å². The zero-order chi connectivity index (χ0) is 22.5. The molecule has 0 saturated heterocycles. The van der Waals surface area contributed by atoms with Crippen molar-refractivity contribution in [1.82, 2.24) is 14.5 Å². The molecular formula is C25H25N3O3S. The number of nitrogens with zero attached hydrogens (tertiary/aromatic N) is 3. The Morgan fingerprint density at radius 3 is 2.50 bits per heavy atom. The van der Waals surface area contributed by atoms with Gasteiger partial charge in [-0.2, -0.15) is 0 Å². The number of rotatable bonds is 8. The van der Waals surface area contributed by atoms with E-state index in [0.717, 1.165) is 33.1 Å². The fourth-order valence-electron chi connectivity index (χ4n) is 3.73. The van der Waals surface area contributed by atoms with Crippen LogP contribution in [0.5, 0.6) is 5.75 Å². The summed E-state index contributed by atoms with van der Waals surface area (Å²) in [6.07, 6.45) is 4.09. The van der Waals surface area contributed by atoms with Gasteiger partial charge in [-0.3, -0.25) is 9.78 Å². The van der Waals surface area contributed by atoms with Crippen LogP contribution in [0.1, 0.15) is 30.7 Å². The molecule has 32 heavy (non-hydrogen) atoms. The van der Waals surface area contributed by atoms with E-state index >= 15 is 0 Å². The third kappa shape index (κ3) is 4.49. The van der Waals surface area contributed by atoms with Gasteiger partial charge in [-0.1, -0.05) is 19.1 Å². The van der Waals surface area contributed by atoms with Crippen LogP contribution in [0.15, 0.2) is 65.0 Å². The number of pyridine rings is 2. The highest BCUT2D eigenvalue weighted by Crippen LogP contribution is 2.28. The molecule has 1 aromatic carbocycles. The summed E-state index contributed by atoms with van der Waals surface area (Å²) in [6.45, 7) is 4.82. The highest BCUT2D eigenvalue weighted by molar-refractivity contribution is 7.13. The minimum Gasteiger partial charge on any atom is -0.494 e. The molecular weight excluding hydrogens is 422 g/mol. The van der Waals surface area contributed by atoms with E-state index in [1.165, 1.54) is 11.3 Å². The molecule has 7 heteroatoms. The van der Waals surface area contributed by atoms with Gasteiger partial charge in [0.1, 0.15) is 10.8 Å². The Labute approximate surface area is 190 Å². The van der Waals surface area contributed by atoms with E-state index in [4.69, 9.17) is 9.72 Å². The van der Waals surface area contributed by atoms with Crippen molar-refractivity contribution in [3.05, 3.63) is 87.4 Å². The van der Waals surface area contributed by atoms with E-state index in [0.29, 0.717) is 30.8 Å². The first-order valence-electron chi connectivity index (χ1n) is 10.6. The highest BCUT2D eigenvalue weighted by atomic mass is 32.1. The quantitative estimate of drug-likeness (QED) is 0.429. The zero-order valence-electron chi connectivity index (χ0n) is 18.1. The molecule has 0 aliphatic rings. The summed E-state index contributed by atoms with van der Waals surface area (Å²) in [7, 11) is 0. The maximum absolute atomic E-state index is 13.5. The number of thiazole rings is 1. The molecule has 0 spiro atoms. The minimum absolute atomic E-state index is 0.112. The number of benzene rings is 1. The molecule has 3 aromatic heterocycles. The van der Waals surface area contributed by atoms with Crippen molar-refractivity contribution in [2.75, 3.05) is 6.61 Å². The summed E-state index contributed by atoms with van der Waals surface area (Å²) in [5, 5.41) is 12.7. The average Bonchev–Trinajstić information content (AvgIpc) is 3.32. The normalized spacial score (nSPS) is 11.0. The first kappa shape index (κ1) is 21.9. The molecule has 0 bridgehead atoms. The highest BCUT2D eigenvalue weighted by Gasteiger charge is 2.17. The number of aliphatic hydroxyl groups excluding tert-OH is 1. The first-order chi connectivity index (χ1) is 15.6. The lowest BCUT2D eigenvalue weighted by Crippen LogP contribution is -2.27. The van der Waals surface area contributed by atoms with Gasteiger partial charge in [0.05, 0.1) is 31.0 Å². The Balaban J connectivity index is 1.76. The molecule has 0 saturated carbocycles. The van der Waals surface area contributed by atoms with Crippen LogP contribution in [0.4, 0.5) is 0 Å². The Morgan fingerprint density at radius 2 is 1.84 bits per heavy atom. The van der Waals surface area contributed by atoms with Crippen LogP contribution in [0.2, 0.25) is 0 Å². The van der Waals surface area contributed by atoms with E-state index in [2.05, 4.69) is 4.98 Å². The molecule has 0 fully saturated rings. The molecule has 0 aliphatic heterocycles. The second-order valence-electron chi connectivity index (χ2n) is 7.28. The van der Waals surface area contributed by atoms with Crippen molar-refractivity contribution in [3.8, 4) is 27.6 Å². The number of aliphatic hydroxyl groups is 1. The lowest BCUT2D eigenvalue weighted by molar-refractivity contribution is 0.279. The van der Waals surface area contributed by atoms with Gasteiger partial charge in [-0.25, -0.2) is 4.98 Å². The molecule has 4 aromatic rings. The number of aromatic nitrogens is 3. The number of ether oxygens (including phenoxy) is 1. The standard InChI is InChI=1S/C25H25N3O3S/c1-3-23-19(15-29)13-21(22-16-32-24(27-22)18-9-11-26-12-10-18)25(30)28(23)14-17-5-7-20(8-6-17)31-4-2/h5-13,16,29H,3-4,14-15H2,1-2H3. The molecule has 3 heterocycles. The summed E-state index contributed by atoms with van der Waals surface area (Å²) in [5.41, 5.74) is 4.52. The molecule has 0 aliphatic carbocycles. The largest absolute Gasteiger partial charge is 0.494 e. The molecule has 6 nitrogen and oxygen atoms in total. The smallest absolute Gasteiger partial charge is 0.260 e. The molecule has 1 N–H and O–H groups in total. The van der Waals surface area contributed by atoms with Crippen molar-refractivity contribution in [2.45, 2.75) is 33.4 Å². The van der Waals surface area contributed by atoms with Crippen LogP contribution >= 0.6 is 11.3 Å². The maximum Gasteiger partial charge on any atom is 0.260 e. The Morgan fingerprint density at radius 1 is 1.09 bits per heavy atom. The lowest BCUT2D eigenvalue weighted by atomic mass is 10.1. The van der Waals surface area contributed by atoms with Gasteiger partial charge in [0.25, 0.3) is 5.56 Å². The van der Waals surface area contributed by atoms with Crippen LogP contribution < -0.4 is 10.3 Å². The van der Waals surface area contributed by atoms with Crippen LogP contribution in [0, 0.1) is 0 Å². The molecule has 164 valence electrons. The van der Waals surface area contributed by atoms with Gasteiger partial charge in [0.15, 0.2) is 0 Å². The molecule has 4 rings (SSSR count). The second-order valence-corrected chi connectivity index (χ2v) is 8.14. The number of hydrogen-bond donors (Lipinski definition) is 1. The second kappa shape index (κ2) is 9.89. The van der Waals surface area contributed by atoms with Crippen molar-refractivity contribution >= 4 is 11.3 Å². The van der Waals surface area contributed by atoms with E-state index < -0.39 is 0 Å². The summed E-state index contributed by atoms with van der Waals surface area (Å²) in [6, 6.07) is 13.3. The fourth-order valence-corrected chi connectivity index (χ4v) is 4.56. The zero-order valence-corrected chi connectivity index (χ0v) is 18.9. The van der Waals surface area contributed by atoms with Crippen molar-refractivity contribution < 1.29 is 9.84 Å². The van der Waals surface area contributed by atoms with Gasteiger partial charge in [0.2, 0.25) is 0 Å². The average molecular weight is 448 g/mol. The van der Waals surface area contributed by atoms with E-state index in [9.17, 15) is 9.90 Å². The van der Waals surface area contributed by atoms with Crippen molar-refractivity contribution in [1.29, 1.82) is 0 Å². The van der Waals surface area contributed by atoms with Crippen molar-refractivity contribution in [3.63, 3.8) is 0 Å². The van der Waals surface area contributed by atoms with E-state index in [-0.39, 0.29) is 12.2 Å². The molecule has 0 unspecified atom stereocenters. The van der Waals surface area contributed by atoms with Crippen molar-refractivity contribution in [2.24, 2.45) is 0 Å². The minimum atomic E-state index is -0.138. The van der Waals surface area contributed by atoms with Gasteiger partial charge in [-0.05, 0) is 54.8 Å². The van der Waals surface area contributed by atoms with E-state index in [1.807, 2.05) is 55.6 Å². The maximum atomic E-state index is 13.5. The Hall–Kier alpha value is -3.29. The third-order valence-electron chi connectivity index (χ3n) is 5.28. The lowest BCUT2D eigenvalue weighted by Gasteiger charge is -2.17. The summed E-state index contributed by atoms with van der Waals surface area (Å²) >= 11 is 1.48.